The second-order valence-electron chi connectivity index (χ2n) is 7.37. The molecule has 0 amide bonds. The molecule has 0 spiro atoms. The zero-order valence-electron chi connectivity index (χ0n) is 17.3. The van der Waals surface area contributed by atoms with Gasteiger partial charge in [0.05, 0.1) is 24.7 Å². The molecule has 1 atom stereocenters. The van der Waals surface area contributed by atoms with E-state index in [0.29, 0.717) is 35.6 Å². The van der Waals surface area contributed by atoms with E-state index in [2.05, 4.69) is 23.7 Å². The molecule has 1 fully saturated rings. The van der Waals surface area contributed by atoms with Crippen LogP contribution in [-0.4, -0.2) is 50.1 Å². The van der Waals surface area contributed by atoms with Gasteiger partial charge in [-0.25, -0.2) is 4.98 Å². The monoisotopic (exact) mass is 428 g/mol. The Morgan fingerprint density at radius 2 is 2.21 bits per heavy atom. The molecule has 1 aliphatic rings. The minimum absolute atomic E-state index is 0.127. The Balaban J connectivity index is 1.74. The summed E-state index contributed by atoms with van der Waals surface area (Å²) in [6, 6.07) is 1.91. The molecule has 5 nitrogen and oxygen atoms in total. The summed E-state index contributed by atoms with van der Waals surface area (Å²) in [5.74, 6) is 2.37. The Kier molecular flexibility index (Phi) is 10.4. The van der Waals surface area contributed by atoms with Crippen molar-refractivity contribution in [3.63, 3.8) is 0 Å². The van der Waals surface area contributed by atoms with E-state index < -0.39 is 0 Å². The van der Waals surface area contributed by atoms with Crippen molar-refractivity contribution in [3.05, 3.63) is 17.3 Å². The van der Waals surface area contributed by atoms with Crippen LogP contribution in [0.5, 0.6) is 0 Å². The van der Waals surface area contributed by atoms with Crippen LogP contribution >= 0.6 is 23.4 Å². The number of esters is 1. The average molecular weight is 429 g/mol. The summed E-state index contributed by atoms with van der Waals surface area (Å²) in [5, 5.41) is 0.669. The van der Waals surface area contributed by atoms with Crippen LogP contribution in [0.2, 0.25) is 5.02 Å². The van der Waals surface area contributed by atoms with Gasteiger partial charge in [-0.15, -0.1) is 11.8 Å². The smallest absolute Gasteiger partial charge is 0.306 e. The first kappa shape index (κ1) is 23.3. The van der Waals surface area contributed by atoms with Crippen molar-refractivity contribution in [1.82, 2.24) is 4.98 Å². The summed E-state index contributed by atoms with van der Waals surface area (Å²) in [5.41, 5.74) is 0. The molecular formula is C21H33ClN2O3S. The molecule has 0 N–H and O–H groups in total. The maximum absolute atomic E-state index is 12.0. The van der Waals surface area contributed by atoms with E-state index in [0.717, 1.165) is 43.3 Å². The first-order chi connectivity index (χ1) is 13.6. The molecule has 0 aliphatic carbocycles. The first-order valence-corrected chi connectivity index (χ1v) is 11.6. The number of aromatic nitrogens is 1. The first-order valence-electron chi connectivity index (χ1n) is 10.3. The fourth-order valence-corrected chi connectivity index (χ4v) is 4.52. The van der Waals surface area contributed by atoms with Gasteiger partial charge in [0.2, 0.25) is 0 Å². The van der Waals surface area contributed by atoms with E-state index in [-0.39, 0.29) is 5.97 Å². The number of methoxy groups -OCH3 is 1. The predicted octanol–water partition coefficient (Wildman–Crippen LogP) is 5.06. The van der Waals surface area contributed by atoms with Crippen LogP contribution in [0.4, 0.5) is 5.82 Å². The van der Waals surface area contributed by atoms with Crippen LogP contribution in [0.1, 0.15) is 46.0 Å². The third-order valence-corrected chi connectivity index (χ3v) is 6.63. The number of carbonyl (C=O) groups excluding carboxylic acids is 1. The molecule has 0 radical (unpaired) electrons. The highest BCUT2D eigenvalue weighted by Crippen LogP contribution is 2.36. The Morgan fingerprint density at radius 3 is 2.89 bits per heavy atom. The number of thioether (sulfide) groups is 1. The zero-order valence-corrected chi connectivity index (χ0v) is 18.9. The van der Waals surface area contributed by atoms with Crippen molar-refractivity contribution in [2.75, 3.05) is 44.1 Å². The number of carbonyl (C=O) groups is 1. The number of hydrogen-bond acceptors (Lipinski definition) is 6. The van der Waals surface area contributed by atoms with Gasteiger partial charge in [-0.1, -0.05) is 44.7 Å². The van der Waals surface area contributed by atoms with E-state index in [1.54, 1.807) is 25.1 Å². The molecule has 0 saturated carbocycles. The second-order valence-corrected chi connectivity index (χ2v) is 8.89. The van der Waals surface area contributed by atoms with E-state index in [4.69, 9.17) is 21.1 Å². The van der Waals surface area contributed by atoms with Crippen molar-refractivity contribution < 1.29 is 14.3 Å². The normalized spacial score (nSPS) is 15.4. The largest absolute Gasteiger partial charge is 0.465 e. The molecule has 7 heteroatoms. The summed E-state index contributed by atoms with van der Waals surface area (Å²) in [4.78, 5) is 19.6. The number of pyridine rings is 1. The number of halogens is 1. The van der Waals surface area contributed by atoms with Gasteiger partial charge in [-0.3, -0.25) is 4.79 Å². The van der Waals surface area contributed by atoms with Crippen LogP contribution in [-0.2, 0) is 14.3 Å². The molecule has 0 bridgehead atoms. The van der Waals surface area contributed by atoms with E-state index in [9.17, 15) is 4.79 Å². The number of unbranched alkanes of at least 4 members (excludes halogenated alkanes) is 1. The molecular weight excluding hydrogens is 396 g/mol. The maximum atomic E-state index is 12.0. The van der Waals surface area contributed by atoms with Crippen molar-refractivity contribution in [2.24, 2.45) is 11.8 Å². The van der Waals surface area contributed by atoms with Crippen LogP contribution in [0.3, 0.4) is 0 Å². The lowest BCUT2D eigenvalue weighted by atomic mass is 10.0. The van der Waals surface area contributed by atoms with Gasteiger partial charge in [-0.2, -0.15) is 0 Å². The SMILES string of the molecule is CCCCC(CC)COC(=O)CCSc1ccnc(N2CC(COC)C2)c1Cl. The minimum Gasteiger partial charge on any atom is -0.465 e. The van der Waals surface area contributed by atoms with Gasteiger partial charge in [0.1, 0.15) is 5.82 Å². The highest BCUT2D eigenvalue weighted by Gasteiger charge is 2.29. The molecule has 158 valence electrons. The average Bonchev–Trinajstić information content (AvgIpc) is 2.66. The number of nitrogens with zero attached hydrogens (tertiary/aromatic N) is 2. The van der Waals surface area contributed by atoms with Gasteiger partial charge < -0.3 is 14.4 Å². The number of anilines is 1. The lowest BCUT2D eigenvalue weighted by Crippen LogP contribution is -2.49. The summed E-state index contributed by atoms with van der Waals surface area (Å²) >= 11 is 8.14. The Bertz CT molecular complexity index is 611. The summed E-state index contributed by atoms with van der Waals surface area (Å²) in [7, 11) is 1.73. The van der Waals surface area contributed by atoms with Gasteiger partial charge in [-0.05, 0) is 18.4 Å². The van der Waals surface area contributed by atoms with E-state index >= 15 is 0 Å². The highest BCUT2D eigenvalue weighted by atomic mass is 35.5. The van der Waals surface area contributed by atoms with Crippen LogP contribution < -0.4 is 4.90 Å². The Labute approximate surface area is 178 Å². The molecule has 2 heterocycles. The van der Waals surface area contributed by atoms with E-state index in [1.807, 2.05) is 6.07 Å². The minimum atomic E-state index is -0.127. The van der Waals surface area contributed by atoms with Crippen molar-refractivity contribution >= 4 is 35.1 Å². The van der Waals surface area contributed by atoms with Crippen LogP contribution in [0.25, 0.3) is 0 Å². The highest BCUT2D eigenvalue weighted by molar-refractivity contribution is 7.99. The second kappa shape index (κ2) is 12.6. The molecule has 0 aromatic carbocycles. The van der Waals surface area contributed by atoms with Gasteiger partial charge in [0.25, 0.3) is 0 Å². The molecule has 1 aromatic heterocycles. The molecule has 2 rings (SSSR count). The Morgan fingerprint density at radius 1 is 1.43 bits per heavy atom. The van der Waals surface area contributed by atoms with Crippen molar-refractivity contribution in [3.8, 4) is 0 Å². The standard InChI is InChI=1S/C21H33ClN2O3S/c1-4-6-7-16(5-2)15-27-19(25)9-11-28-18-8-10-23-21(20(18)22)24-12-17(13-24)14-26-3/h8,10,16-17H,4-7,9,11-15H2,1-3H3. The third kappa shape index (κ3) is 7.12. The molecule has 1 aromatic rings. The number of ether oxygens (including phenoxy) is 2. The summed E-state index contributed by atoms with van der Waals surface area (Å²) in [6.07, 6.45) is 6.73. The van der Waals surface area contributed by atoms with Gasteiger partial charge >= 0.3 is 5.97 Å². The molecule has 28 heavy (non-hydrogen) atoms. The molecule has 1 saturated heterocycles. The van der Waals surface area contributed by atoms with Crippen LogP contribution in [0, 0.1) is 11.8 Å². The summed E-state index contributed by atoms with van der Waals surface area (Å²) < 4.78 is 10.7. The quantitative estimate of drug-likeness (QED) is 0.323. The Hall–Kier alpha value is -0.980. The number of hydrogen-bond donors (Lipinski definition) is 0. The van der Waals surface area contributed by atoms with Crippen molar-refractivity contribution in [2.45, 2.75) is 50.8 Å². The molecule has 1 unspecified atom stereocenters. The fraction of sp³-hybridized carbons (Fsp3) is 0.714. The third-order valence-electron chi connectivity index (χ3n) is 5.08. The lowest BCUT2D eigenvalue weighted by molar-refractivity contribution is -0.144. The van der Waals surface area contributed by atoms with Gasteiger partial charge in [0, 0.05) is 43.0 Å². The number of rotatable bonds is 13. The lowest BCUT2D eigenvalue weighted by Gasteiger charge is -2.40. The zero-order chi connectivity index (χ0) is 20.4. The van der Waals surface area contributed by atoms with Crippen molar-refractivity contribution in [1.29, 1.82) is 0 Å². The maximum Gasteiger partial charge on any atom is 0.306 e. The van der Waals surface area contributed by atoms with E-state index in [1.165, 1.54) is 12.8 Å². The fourth-order valence-electron chi connectivity index (χ4n) is 3.26. The predicted molar refractivity (Wildman–Crippen MR) is 116 cm³/mol. The summed E-state index contributed by atoms with van der Waals surface area (Å²) in [6.45, 7) is 7.48. The topological polar surface area (TPSA) is 51.7 Å². The van der Waals surface area contributed by atoms with Crippen LogP contribution in [0.15, 0.2) is 17.2 Å². The van der Waals surface area contributed by atoms with Gasteiger partial charge in [0.15, 0.2) is 0 Å². The molecule has 1 aliphatic heterocycles.